The summed E-state index contributed by atoms with van der Waals surface area (Å²) in [6.45, 7) is 4.57. The molecule has 14 heavy (non-hydrogen) atoms. The molecular weight excluding hydrogens is 176 g/mol. The third-order valence-electron chi connectivity index (χ3n) is 2.66. The van der Waals surface area contributed by atoms with E-state index in [0.717, 1.165) is 11.1 Å². The highest BCUT2D eigenvalue weighted by molar-refractivity contribution is 5.24. The lowest BCUT2D eigenvalue weighted by atomic mass is 9.93. The number of benzene rings is 1. The highest BCUT2D eigenvalue weighted by atomic mass is 16.5. The topological polar surface area (TPSA) is 29.5 Å². The minimum Gasteiger partial charge on any atom is -0.396 e. The van der Waals surface area contributed by atoms with Crippen LogP contribution in [0.25, 0.3) is 0 Å². The Kier molecular flexibility index (Phi) is 2.66. The summed E-state index contributed by atoms with van der Waals surface area (Å²) in [6, 6.07) is 9.97. The minimum atomic E-state index is -0.0197. The highest BCUT2D eigenvalue weighted by Crippen LogP contribution is 2.36. The summed E-state index contributed by atoms with van der Waals surface area (Å²) in [7, 11) is 0. The van der Waals surface area contributed by atoms with Crippen LogP contribution < -0.4 is 0 Å². The number of ether oxygens (including phenoxy) is 1. The molecule has 2 heteroatoms. The average Bonchev–Trinajstić information content (AvgIpc) is 2.61. The van der Waals surface area contributed by atoms with Crippen LogP contribution in [0.2, 0.25) is 0 Å². The molecule has 1 aromatic rings. The monoisotopic (exact) mass is 190 g/mol. The van der Waals surface area contributed by atoms with Crippen molar-refractivity contribution < 1.29 is 9.84 Å². The maximum atomic E-state index is 9.23. The number of hydrogen-bond acceptors (Lipinski definition) is 2. The van der Waals surface area contributed by atoms with Gasteiger partial charge in [0.15, 0.2) is 0 Å². The Balaban J connectivity index is 2.23. The predicted octanol–water partition coefficient (Wildman–Crippen LogP) is 1.92. The van der Waals surface area contributed by atoms with Crippen molar-refractivity contribution in [2.45, 2.75) is 6.10 Å². The van der Waals surface area contributed by atoms with Gasteiger partial charge >= 0.3 is 0 Å². The van der Waals surface area contributed by atoms with E-state index in [4.69, 9.17) is 4.74 Å². The summed E-state index contributed by atoms with van der Waals surface area (Å²) in [4.78, 5) is 0. The second-order valence-corrected chi connectivity index (χ2v) is 3.59. The van der Waals surface area contributed by atoms with Crippen LogP contribution in [0.4, 0.5) is 0 Å². The van der Waals surface area contributed by atoms with Gasteiger partial charge < -0.3 is 9.84 Å². The van der Waals surface area contributed by atoms with Crippen molar-refractivity contribution in [3.05, 3.63) is 48.0 Å². The Morgan fingerprint density at radius 2 is 2.07 bits per heavy atom. The molecule has 74 valence electrons. The van der Waals surface area contributed by atoms with E-state index in [-0.39, 0.29) is 18.6 Å². The minimum absolute atomic E-state index is 0.0197. The molecule has 1 aromatic carbocycles. The van der Waals surface area contributed by atoms with E-state index in [1.54, 1.807) is 0 Å². The smallest absolute Gasteiger partial charge is 0.0917 e. The molecular formula is C12H14O2. The van der Waals surface area contributed by atoms with Crippen LogP contribution >= 0.6 is 0 Å². The lowest BCUT2D eigenvalue weighted by Gasteiger charge is -2.16. The average molecular weight is 190 g/mol. The SMILES string of the molecule is C=C1CO[C@H](c2ccccc2)[C@H]1CO. The molecule has 2 nitrogen and oxygen atoms in total. The van der Waals surface area contributed by atoms with Crippen LogP contribution in [0.3, 0.4) is 0 Å². The summed E-state index contributed by atoms with van der Waals surface area (Å²) in [6.07, 6.45) is -0.0197. The first-order valence-corrected chi connectivity index (χ1v) is 4.78. The van der Waals surface area contributed by atoms with E-state index in [2.05, 4.69) is 6.58 Å². The Hall–Kier alpha value is -1.12. The van der Waals surface area contributed by atoms with Gasteiger partial charge in [0.05, 0.1) is 19.3 Å². The first-order chi connectivity index (χ1) is 6.83. The zero-order valence-corrected chi connectivity index (χ0v) is 8.02. The van der Waals surface area contributed by atoms with Gasteiger partial charge in [-0.15, -0.1) is 0 Å². The number of rotatable bonds is 2. The second-order valence-electron chi connectivity index (χ2n) is 3.59. The van der Waals surface area contributed by atoms with Crippen molar-refractivity contribution in [2.75, 3.05) is 13.2 Å². The van der Waals surface area contributed by atoms with E-state index in [1.165, 1.54) is 0 Å². The van der Waals surface area contributed by atoms with Gasteiger partial charge in [0.1, 0.15) is 0 Å². The molecule has 0 bridgehead atoms. The molecule has 1 aliphatic rings. The van der Waals surface area contributed by atoms with E-state index >= 15 is 0 Å². The molecule has 2 atom stereocenters. The summed E-state index contributed by atoms with van der Waals surface area (Å²) >= 11 is 0. The number of aliphatic hydroxyl groups excluding tert-OH is 1. The Labute approximate surface area is 83.8 Å². The molecule has 1 heterocycles. The van der Waals surface area contributed by atoms with Gasteiger partial charge in [0.25, 0.3) is 0 Å². The van der Waals surface area contributed by atoms with Crippen molar-refractivity contribution in [3.63, 3.8) is 0 Å². The zero-order chi connectivity index (χ0) is 9.97. The van der Waals surface area contributed by atoms with E-state index < -0.39 is 0 Å². The van der Waals surface area contributed by atoms with Gasteiger partial charge in [0.2, 0.25) is 0 Å². The molecule has 0 spiro atoms. The Bertz CT molecular complexity index is 318. The van der Waals surface area contributed by atoms with Crippen molar-refractivity contribution >= 4 is 0 Å². The fraction of sp³-hybridized carbons (Fsp3) is 0.333. The summed E-state index contributed by atoms with van der Waals surface area (Å²) in [5, 5.41) is 9.23. The molecule has 1 aliphatic heterocycles. The Morgan fingerprint density at radius 3 is 2.71 bits per heavy atom. The van der Waals surface area contributed by atoms with E-state index in [9.17, 15) is 5.11 Å². The van der Waals surface area contributed by atoms with Gasteiger partial charge in [0, 0.05) is 5.92 Å². The van der Waals surface area contributed by atoms with Gasteiger partial charge in [-0.2, -0.15) is 0 Å². The molecule has 0 amide bonds. The van der Waals surface area contributed by atoms with Crippen LogP contribution in [0, 0.1) is 5.92 Å². The third-order valence-corrected chi connectivity index (χ3v) is 2.66. The predicted molar refractivity (Wildman–Crippen MR) is 54.9 cm³/mol. The largest absolute Gasteiger partial charge is 0.396 e. The van der Waals surface area contributed by atoms with Crippen LogP contribution in [-0.2, 0) is 4.74 Å². The van der Waals surface area contributed by atoms with Crippen LogP contribution in [0.1, 0.15) is 11.7 Å². The summed E-state index contributed by atoms with van der Waals surface area (Å²) in [5.41, 5.74) is 2.10. The molecule has 0 aromatic heterocycles. The van der Waals surface area contributed by atoms with Gasteiger partial charge in [-0.05, 0) is 11.1 Å². The lowest BCUT2D eigenvalue weighted by Crippen LogP contribution is -2.12. The lowest BCUT2D eigenvalue weighted by molar-refractivity contribution is 0.0721. The molecule has 1 fully saturated rings. The van der Waals surface area contributed by atoms with Gasteiger partial charge in [-0.1, -0.05) is 36.9 Å². The fourth-order valence-electron chi connectivity index (χ4n) is 1.83. The molecule has 2 rings (SSSR count). The summed E-state index contributed by atoms with van der Waals surface area (Å²) in [5.74, 6) is 0.0531. The zero-order valence-electron chi connectivity index (χ0n) is 8.02. The van der Waals surface area contributed by atoms with Crippen molar-refractivity contribution in [3.8, 4) is 0 Å². The maximum absolute atomic E-state index is 9.23. The van der Waals surface area contributed by atoms with Crippen molar-refractivity contribution in [1.82, 2.24) is 0 Å². The highest BCUT2D eigenvalue weighted by Gasteiger charge is 2.31. The first kappa shape index (κ1) is 9.44. The molecule has 0 aliphatic carbocycles. The first-order valence-electron chi connectivity index (χ1n) is 4.78. The normalized spacial score (nSPS) is 26.8. The number of hydrogen-bond donors (Lipinski definition) is 1. The fourth-order valence-corrected chi connectivity index (χ4v) is 1.83. The van der Waals surface area contributed by atoms with Gasteiger partial charge in [-0.3, -0.25) is 0 Å². The maximum Gasteiger partial charge on any atom is 0.0917 e. The summed E-state index contributed by atoms with van der Waals surface area (Å²) < 4.78 is 5.60. The molecule has 1 saturated heterocycles. The number of aliphatic hydroxyl groups is 1. The van der Waals surface area contributed by atoms with E-state index in [1.807, 2.05) is 30.3 Å². The molecule has 0 unspecified atom stereocenters. The van der Waals surface area contributed by atoms with Crippen LogP contribution in [0.15, 0.2) is 42.5 Å². The molecule has 1 N–H and O–H groups in total. The Morgan fingerprint density at radius 1 is 1.36 bits per heavy atom. The van der Waals surface area contributed by atoms with Crippen molar-refractivity contribution in [2.24, 2.45) is 5.92 Å². The standard InChI is InChI=1S/C12H14O2/c1-9-8-14-12(11(9)7-13)10-5-3-2-4-6-10/h2-6,11-13H,1,7-8H2/t11-,12+/m0/s1. The van der Waals surface area contributed by atoms with Crippen molar-refractivity contribution in [1.29, 1.82) is 0 Å². The second kappa shape index (κ2) is 3.95. The van der Waals surface area contributed by atoms with Crippen LogP contribution in [0.5, 0.6) is 0 Å². The van der Waals surface area contributed by atoms with E-state index in [0.29, 0.717) is 6.61 Å². The molecule has 0 radical (unpaired) electrons. The quantitative estimate of drug-likeness (QED) is 0.722. The van der Waals surface area contributed by atoms with Crippen LogP contribution in [-0.4, -0.2) is 18.3 Å². The van der Waals surface area contributed by atoms with Gasteiger partial charge in [-0.25, -0.2) is 0 Å². The third kappa shape index (κ3) is 1.59. The molecule has 0 saturated carbocycles.